The molecule has 0 aliphatic rings. The monoisotopic (exact) mass is 300 g/mol. The van der Waals surface area contributed by atoms with E-state index >= 15 is 0 Å². The Morgan fingerprint density at radius 2 is 2.25 bits per heavy atom. The van der Waals surface area contributed by atoms with E-state index in [4.69, 9.17) is 0 Å². The quantitative estimate of drug-likeness (QED) is 0.619. The topological polar surface area (TPSA) is 126 Å². The Morgan fingerprint density at radius 3 is 2.90 bits per heavy atom. The van der Waals surface area contributed by atoms with Crippen molar-refractivity contribution in [3.05, 3.63) is 23.5 Å². The maximum atomic E-state index is 12.2. The fourth-order valence-corrected chi connectivity index (χ4v) is 2.93. The van der Waals surface area contributed by atoms with Crippen LogP contribution in [-0.4, -0.2) is 42.3 Å². The number of aromatic amines is 1. The van der Waals surface area contributed by atoms with Gasteiger partial charge in [-0.25, -0.2) is 13.1 Å². The van der Waals surface area contributed by atoms with Crippen LogP contribution < -0.4 is 10.0 Å². The van der Waals surface area contributed by atoms with Crippen LogP contribution in [0.15, 0.2) is 15.9 Å². The summed E-state index contributed by atoms with van der Waals surface area (Å²) in [5.74, 6) is 0.446. The van der Waals surface area contributed by atoms with Crippen LogP contribution in [0.3, 0.4) is 0 Å². The first-order valence-corrected chi connectivity index (χ1v) is 7.46. The van der Waals surface area contributed by atoms with Gasteiger partial charge in [-0.3, -0.25) is 5.10 Å². The van der Waals surface area contributed by atoms with Gasteiger partial charge in [0.2, 0.25) is 6.39 Å². The number of hydrogen-bond acceptors (Lipinski definition) is 7. The van der Waals surface area contributed by atoms with Gasteiger partial charge >= 0.3 is 0 Å². The summed E-state index contributed by atoms with van der Waals surface area (Å²) < 4.78 is 31.4. The lowest BCUT2D eigenvalue weighted by Gasteiger charge is -2.05. The van der Waals surface area contributed by atoms with Crippen molar-refractivity contribution in [1.82, 2.24) is 30.4 Å². The van der Waals surface area contributed by atoms with E-state index in [1.807, 2.05) is 0 Å². The normalized spacial score (nSPS) is 11.9. The summed E-state index contributed by atoms with van der Waals surface area (Å²) in [5, 5.41) is 13.1. The number of sulfonamides is 1. The highest BCUT2D eigenvalue weighted by molar-refractivity contribution is 7.89. The average Bonchev–Trinajstić information content (AvgIpc) is 3.01. The van der Waals surface area contributed by atoms with E-state index in [0.717, 1.165) is 5.69 Å². The summed E-state index contributed by atoms with van der Waals surface area (Å²) in [6, 6.07) is 0. The molecule has 0 aliphatic carbocycles. The van der Waals surface area contributed by atoms with Crippen LogP contribution in [0, 0.1) is 6.92 Å². The maximum absolute atomic E-state index is 12.2. The number of hydrogen-bond donors (Lipinski definition) is 3. The summed E-state index contributed by atoms with van der Waals surface area (Å²) >= 11 is 0. The molecule has 2 aromatic rings. The molecule has 9 nitrogen and oxygen atoms in total. The smallest absolute Gasteiger partial charge is 0.260 e. The minimum Gasteiger partial charge on any atom is -0.343 e. The predicted molar refractivity (Wildman–Crippen MR) is 69.3 cm³/mol. The number of rotatable bonds is 7. The first kappa shape index (κ1) is 14.6. The second kappa shape index (κ2) is 6.11. The molecule has 2 heterocycles. The van der Waals surface area contributed by atoms with Gasteiger partial charge in [0.1, 0.15) is 0 Å². The standard InChI is InChI=1S/C10H16N6O3S/c1-7-8(5-11-2)10(15-14-7)20(17,18)13-4-3-9-12-6-19-16-9/h6,11,13H,3-5H2,1-2H3,(H,14,15). The highest BCUT2D eigenvalue weighted by Crippen LogP contribution is 2.15. The van der Waals surface area contributed by atoms with Gasteiger partial charge in [0, 0.05) is 30.8 Å². The second-order valence-electron chi connectivity index (χ2n) is 4.16. The second-order valence-corrected chi connectivity index (χ2v) is 5.84. The molecule has 2 rings (SSSR count). The molecule has 3 N–H and O–H groups in total. The fraction of sp³-hybridized carbons (Fsp3) is 0.500. The Morgan fingerprint density at radius 1 is 1.45 bits per heavy atom. The molecule has 0 fully saturated rings. The zero-order chi connectivity index (χ0) is 14.6. The molecular formula is C10H16N6O3S. The molecular weight excluding hydrogens is 284 g/mol. The molecule has 0 spiro atoms. The van der Waals surface area contributed by atoms with E-state index in [2.05, 4.69) is 34.9 Å². The van der Waals surface area contributed by atoms with E-state index < -0.39 is 10.0 Å². The van der Waals surface area contributed by atoms with Crippen LogP contribution in [0.1, 0.15) is 17.1 Å². The molecule has 0 aromatic carbocycles. The van der Waals surface area contributed by atoms with Crippen LogP contribution in [0.5, 0.6) is 0 Å². The highest BCUT2D eigenvalue weighted by Gasteiger charge is 2.23. The third-order valence-corrected chi connectivity index (χ3v) is 4.12. The Balaban J connectivity index is 2.06. The largest absolute Gasteiger partial charge is 0.343 e. The van der Waals surface area contributed by atoms with Crippen molar-refractivity contribution >= 4 is 10.0 Å². The van der Waals surface area contributed by atoms with Crippen molar-refractivity contribution in [3.63, 3.8) is 0 Å². The molecule has 0 saturated heterocycles. The van der Waals surface area contributed by atoms with E-state index in [-0.39, 0.29) is 11.6 Å². The van der Waals surface area contributed by atoms with Crippen LogP contribution >= 0.6 is 0 Å². The maximum Gasteiger partial charge on any atom is 0.260 e. The molecule has 0 saturated carbocycles. The number of H-pyrrole nitrogens is 1. The van der Waals surface area contributed by atoms with E-state index in [0.29, 0.717) is 24.4 Å². The summed E-state index contributed by atoms with van der Waals surface area (Å²) in [7, 11) is -1.92. The van der Waals surface area contributed by atoms with Crippen molar-refractivity contribution in [3.8, 4) is 0 Å². The first-order chi connectivity index (χ1) is 9.54. The van der Waals surface area contributed by atoms with Crippen LogP contribution in [0.25, 0.3) is 0 Å². The number of nitrogens with one attached hydrogen (secondary N) is 3. The van der Waals surface area contributed by atoms with Gasteiger partial charge in [0.15, 0.2) is 10.9 Å². The minimum atomic E-state index is -3.66. The van der Waals surface area contributed by atoms with Gasteiger partial charge < -0.3 is 9.84 Å². The zero-order valence-electron chi connectivity index (χ0n) is 11.2. The lowest BCUT2D eigenvalue weighted by molar-refractivity contribution is 0.409. The van der Waals surface area contributed by atoms with Gasteiger partial charge in [-0.15, -0.1) is 0 Å². The summed E-state index contributed by atoms with van der Waals surface area (Å²) in [5.41, 5.74) is 1.34. The van der Waals surface area contributed by atoms with Crippen LogP contribution in [-0.2, 0) is 23.0 Å². The summed E-state index contributed by atoms with van der Waals surface area (Å²) in [6.07, 6.45) is 1.55. The highest BCUT2D eigenvalue weighted by atomic mass is 32.2. The summed E-state index contributed by atoms with van der Waals surface area (Å²) in [6.45, 7) is 2.37. The van der Waals surface area contributed by atoms with E-state index in [1.165, 1.54) is 6.39 Å². The Hall–Kier alpha value is -1.78. The van der Waals surface area contributed by atoms with Crippen molar-refractivity contribution in [2.75, 3.05) is 13.6 Å². The molecule has 0 radical (unpaired) electrons. The van der Waals surface area contributed by atoms with Crippen molar-refractivity contribution in [1.29, 1.82) is 0 Å². The summed E-state index contributed by atoms with van der Waals surface area (Å²) in [4.78, 5) is 3.82. The minimum absolute atomic E-state index is 0.0115. The Bertz CT molecular complexity index is 649. The number of nitrogens with zero attached hydrogens (tertiary/aromatic N) is 3. The molecule has 0 amide bonds. The lowest BCUT2D eigenvalue weighted by atomic mass is 10.3. The number of aromatic nitrogens is 4. The fourth-order valence-electron chi connectivity index (χ4n) is 1.71. The van der Waals surface area contributed by atoms with Crippen molar-refractivity contribution < 1.29 is 12.9 Å². The molecule has 2 aromatic heterocycles. The third-order valence-electron chi connectivity index (χ3n) is 2.69. The van der Waals surface area contributed by atoms with E-state index in [9.17, 15) is 8.42 Å². The number of aryl methyl sites for hydroxylation is 1. The molecule has 110 valence electrons. The molecule has 0 unspecified atom stereocenters. The van der Waals surface area contributed by atoms with Gasteiger partial charge in [0.05, 0.1) is 0 Å². The molecule has 0 aliphatic heterocycles. The van der Waals surface area contributed by atoms with E-state index in [1.54, 1.807) is 14.0 Å². The molecule has 0 atom stereocenters. The van der Waals surface area contributed by atoms with Gasteiger partial charge in [-0.2, -0.15) is 10.1 Å². The SMILES string of the molecule is CNCc1c(S(=O)(=O)NCCc2ncon2)n[nH]c1C. The Kier molecular flexibility index (Phi) is 4.47. The van der Waals surface area contributed by atoms with Gasteiger partial charge in [-0.1, -0.05) is 5.16 Å². The van der Waals surface area contributed by atoms with Crippen LogP contribution in [0.4, 0.5) is 0 Å². The van der Waals surface area contributed by atoms with Crippen LogP contribution in [0.2, 0.25) is 0 Å². The van der Waals surface area contributed by atoms with Crippen molar-refractivity contribution in [2.45, 2.75) is 24.9 Å². The molecule has 10 heteroatoms. The first-order valence-electron chi connectivity index (χ1n) is 5.98. The third kappa shape index (κ3) is 3.21. The molecule has 20 heavy (non-hydrogen) atoms. The Labute approximate surface area is 116 Å². The zero-order valence-corrected chi connectivity index (χ0v) is 12.0. The van der Waals surface area contributed by atoms with Crippen molar-refractivity contribution in [2.24, 2.45) is 0 Å². The van der Waals surface area contributed by atoms with Gasteiger partial charge in [0.25, 0.3) is 10.0 Å². The lowest BCUT2D eigenvalue weighted by Crippen LogP contribution is -2.28. The average molecular weight is 300 g/mol. The molecule has 0 bridgehead atoms. The predicted octanol–water partition coefficient (Wildman–Crippen LogP) is -0.658. The van der Waals surface area contributed by atoms with Gasteiger partial charge in [-0.05, 0) is 14.0 Å².